The third-order valence-electron chi connectivity index (χ3n) is 5.89. The molecular weight excluding hydrogens is 428 g/mol. The number of aryl methyl sites for hydroxylation is 1. The van der Waals surface area contributed by atoms with Gasteiger partial charge in [-0.15, -0.1) is 10.1 Å². The fourth-order valence-electron chi connectivity index (χ4n) is 3.93. The van der Waals surface area contributed by atoms with Crippen molar-refractivity contribution in [3.63, 3.8) is 0 Å². The highest BCUT2D eigenvalue weighted by atomic mass is 16.5. The lowest BCUT2D eigenvalue weighted by Gasteiger charge is -2.15. The molecule has 4 rings (SSSR count). The van der Waals surface area contributed by atoms with Gasteiger partial charge in [0.25, 0.3) is 5.91 Å². The van der Waals surface area contributed by atoms with Crippen molar-refractivity contribution in [2.24, 2.45) is 0 Å². The van der Waals surface area contributed by atoms with E-state index in [4.69, 9.17) is 4.74 Å². The van der Waals surface area contributed by atoms with Gasteiger partial charge >= 0.3 is 5.91 Å². The zero-order valence-electron chi connectivity index (χ0n) is 19.8. The average molecular weight is 458 g/mol. The summed E-state index contributed by atoms with van der Waals surface area (Å²) in [5.74, 6) is 0.148. The van der Waals surface area contributed by atoms with E-state index >= 15 is 0 Å². The Morgan fingerprint density at radius 2 is 1.65 bits per heavy atom. The van der Waals surface area contributed by atoms with Crippen LogP contribution in [0.25, 0.3) is 0 Å². The van der Waals surface area contributed by atoms with Crippen molar-refractivity contribution in [3.8, 4) is 5.75 Å². The molecular formula is C27H29N4O3+. The fraction of sp³-hybridized carbons (Fsp3) is 0.222. The molecule has 0 saturated carbocycles. The first-order valence-corrected chi connectivity index (χ1v) is 11.1. The predicted octanol–water partition coefficient (Wildman–Crippen LogP) is 3.09. The van der Waals surface area contributed by atoms with E-state index in [1.807, 2.05) is 92.8 Å². The lowest BCUT2D eigenvalue weighted by molar-refractivity contribution is -0.596. The Morgan fingerprint density at radius 3 is 2.24 bits per heavy atom. The number of nitrogens with zero attached hydrogens (tertiary/aromatic N) is 2. The number of anilines is 1. The number of rotatable bonds is 6. The number of hydrazine groups is 1. The molecule has 2 N–H and O–H groups in total. The highest BCUT2D eigenvalue weighted by Crippen LogP contribution is 2.27. The Morgan fingerprint density at radius 1 is 1.00 bits per heavy atom. The minimum atomic E-state index is -0.778. The van der Waals surface area contributed by atoms with Gasteiger partial charge < -0.3 is 15.0 Å². The first kappa shape index (κ1) is 23.0. The molecule has 0 unspecified atom stereocenters. The van der Waals surface area contributed by atoms with Crippen LogP contribution in [0.15, 0.2) is 72.8 Å². The molecule has 0 spiro atoms. The van der Waals surface area contributed by atoms with Gasteiger partial charge in [-0.3, -0.25) is 9.59 Å². The summed E-state index contributed by atoms with van der Waals surface area (Å²) in [6.45, 7) is 1.96. The Bertz CT molecular complexity index is 1200. The summed E-state index contributed by atoms with van der Waals surface area (Å²) in [5.41, 5.74) is 7.36. The van der Waals surface area contributed by atoms with Crippen LogP contribution in [0, 0.1) is 6.92 Å². The van der Waals surface area contributed by atoms with E-state index < -0.39 is 12.1 Å². The molecule has 0 aromatic heterocycles. The summed E-state index contributed by atoms with van der Waals surface area (Å²) < 4.78 is 7.05. The molecule has 1 heterocycles. The Kier molecular flexibility index (Phi) is 6.63. The Balaban J connectivity index is 1.68. The molecule has 7 heteroatoms. The summed E-state index contributed by atoms with van der Waals surface area (Å²) in [4.78, 5) is 28.0. The molecule has 7 nitrogen and oxygen atoms in total. The van der Waals surface area contributed by atoms with Crippen molar-refractivity contribution in [2.75, 3.05) is 26.1 Å². The van der Waals surface area contributed by atoms with Crippen molar-refractivity contribution < 1.29 is 19.0 Å². The average Bonchev–Trinajstić information content (AvgIpc) is 3.14. The molecule has 34 heavy (non-hydrogen) atoms. The summed E-state index contributed by atoms with van der Waals surface area (Å²) >= 11 is 0. The number of carbonyl (C=O) groups excluding carboxylic acids is 2. The number of hydrogen-bond acceptors (Lipinski definition) is 4. The number of nitrogens with one attached hydrogen (secondary N) is 2. The molecule has 1 fully saturated rings. The first-order chi connectivity index (χ1) is 16.4. The van der Waals surface area contributed by atoms with Crippen LogP contribution in [-0.4, -0.2) is 50.0 Å². The number of hydrazone groups is 1. The summed E-state index contributed by atoms with van der Waals surface area (Å²) in [6.07, 6.45) is 1.88. The maximum atomic E-state index is 13.0. The van der Waals surface area contributed by atoms with E-state index in [2.05, 4.69) is 10.7 Å². The zero-order valence-corrected chi connectivity index (χ0v) is 19.8. The number of benzene rings is 3. The van der Waals surface area contributed by atoms with Crippen molar-refractivity contribution in [2.45, 2.75) is 19.0 Å². The van der Waals surface area contributed by atoms with Crippen LogP contribution in [0.4, 0.5) is 5.69 Å². The van der Waals surface area contributed by atoms with Crippen LogP contribution >= 0.6 is 0 Å². The number of hydrogen-bond donors (Lipinski definition) is 2. The molecule has 1 aliphatic rings. The number of carbonyl (C=O) groups is 2. The quantitative estimate of drug-likeness (QED) is 0.558. The van der Waals surface area contributed by atoms with Crippen LogP contribution in [0.5, 0.6) is 5.75 Å². The van der Waals surface area contributed by atoms with Gasteiger partial charge in [0, 0.05) is 36.5 Å². The minimum Gasteiger partial charge on any atom is -0.497 e. The molecule has 3 aromatic rings. The van der Waals surface area contributed by atoms with Gasteiger partial charge in [-0.1, -0.05) is 17.7 Å². The molecule has 3 aromatic carbocycles. The third kappa shape index (κ3) is 4.93. The molecule has 1 aliphatic heterocycles. The van der Waals surface area contributed by atoms with Crippen molar-refractivity contribution in [3.05, 3.63) is 95.1 Å². The van der Waals surface area contributed by atoms with Crippen molar-refractivity contribution in [1.82, 2.24) is 10.7 Å². The van der Waals surface area contributed by atoms with E-state index in [1.165, 1.54) is 0 Å². The fourth-order valence-corrected chi connectivity index (χ4v) is 3.93. The number of methoxy groups -OCH3 is 1. The van der Waals surface area contributed by atoms with Crippen LogP contribution in [0.1, 0.15) is 33.1 Å². The standard InChI is InChI=1S/C27H28N4O3/c1-18-5-9-21(10-6-18)26(32)28-24-25(20-11-15-23(34-4)16-12-20)31(29-27(24)33)17-19-7-13-22(14-8-19)30(2)3/h5-17,24-25H,1-4H3,(H-,28,29,32,33)/p+1/t24-,25-/m1/s1. The van der Waals surface area contributed by atoms with Crippen LogP contribution in [0.3, 0.4) is 0 Å². The molecule has 174 valence electrons. The first-order valence-electron chi connectivity index (χ1n) is 11.1. The second-order valence-electron chi connectivity index (χ2n) is 8.53. The minimum absolute atomic E-state index is 0.276. The Labute approximate surface area is 199 Å². The van der Waals surface area contributed by atoms with Gasteiger partial charge in [-0.2, -0.15) is 0 Å². The molecule has 1 saturated heterocycles. The van der Waals surface area contributed by atoms with Gasteiger partial charge in [0.05, 0.1) is 7.11 Å². The van der Waals surface area contributed by atoms with Crippen LogP contribution in [-0.2, 0) is 4.79 Å². The largest absolute Gasteiger partial charge is 0.497 e. The van der Waals surface area contributed by atoms with Crippen LogP contribution in [0.2, 0.25) is 0 Å². The van der Waals surface area contributed by atoms with Crippen LogP contribution < -0.4 is 20.4 Å². The second-order valence-corrected chi connectivity index (χ2v) is 8.53. The van der Waals surface area contributed by atoms with E-state index in [0.717, 1.165) is 28.1 Å². The highest BCUT2D eigenvalue weighted by Gasteiger charge is 2.47. The summed E-state index contributed by atoms with van der Waals surface area (Å²) in [7, 11) is 5.58. The van der Waals surface area contributed by atoms with Gasteiger partial charge in [0.15, 0.2) is 6.04 Å². The normalized spacial score (nSPS) is 18.5. The van der Waals surface area contributed by atoms with Gasteiger partial charge in [0.1, 0.15) is 5.75 Å². The lowest BCUT2D eigenvalue weighted by Crippen LogP contribution is -2.42. The van der Waals surface area contributed by atoms with Gasteiger partial charge in [-0.05, 0) is 67.6 Å². The topological polar surface area (TPSA) is 73.7 Å². The van der Waals surface area contributed by atoms with E-state index in [9.17, 15) is 9.59 Å². The van der Waals surface area contributed by atoms with E-state index in [0.29, 0.717) is 5.56 Å². The van der Waals surface area contributed by atoms with Crippen molar-refractivity contribution >= 4 is 23.7 Å². The number of ether oxygens (including phenoxy) is 1. The second kappa shape index (κ2) is 9.79. The maximum absolute atomic E-state index is 13.0. The smallest absolute Gasteiger partial charge is 0.304 e. The lowest BCUT2D eigenvalue weighted by atomic mass is 9.99. The zero-order chi connectivity index (χ0) is 24.2. The van der Waals surface area contributed by atoms with Gasteiger partial charge in [-0.25, -0.2) is 0 Å². The van der Waals surface area contributed by atoms with Crippen molar-refractivity contribution in [1.29, 1.82) is 0 Å². The Hall–Kier alpha value is -4.13. The molecule has 0 bridgehead atoms. The summed E-state index contributed by atoms with van der Waals surface area (Å²) in [6, 6.07) is 21.6. The number of amides is 2. The highest BCUT2D eigenvalue weighted by molar-refractivity contribution is 5.98. The maximum Gasteiger partial charge on any atom is 0.304 e. The molecule has 2 amide bonds. The summed E-state index contributed by atoms with van der Waals surface area (Å²) in [5, 5.41) is 2.93. The van der Waals surface area contributed by atoms with Gasteiger partial charge in [0.2, 0.25) is 12.3 Å². The SMILES string of the molecule is COc1ccc([C@@H]2[C@@H](NC(=O)c3ccc(C)cc3)C(=O)N/[N+]2=C\c2ccc(N(C)C)cc2)cc1. The van der Waals surface area contributed by atoms with E-state index in [-0.39, 0.29) is 11.8 Å². The molecule has 0 radical (unpaired) electrons. The monoisotopic (exact) mass is 457 g/mol. The molecule has 2 atom stereocenters. The van der Waals surface area contributed by atoms with E-state index in [1.54, 1.807) is 23.9 Å². The third-order valence-corrected chi connectivity index (χ3v) is 5.89. The molecule has 0 aliphatic carbocycles. The predicted molar refractivity (Wildman–Crippen MR) is 133 cm³/mol.